The van der Waals surface area contributed by atoms with Crippen LogP contribution in [0.4, 0.5) is 26.3 Å². The Morgan fingerprint density at radius 1 is 0.192 bits per heavy atom. The maximum Gasteiger partial charge on any atom is 0.266 e. The van der Waals surface area contributed by atoms with E-state index in [0.29, 0.717) is 25.7 Å². The maximum atomic E-state index is 11.9. The van der Waals surface area contributed by atoms with E-state index in [1.807, 2.05) is 0 Å². The highest BCUT2D eigenvalue weighted by atomic mass is 19.3. The smallest absolute Gasteiger partial charge is 0.174 e. The van der Waals surface area contributed by atoms with E-state index < -0.39 is 18.2 Å². The van der Waals surface area contributed by atoms with Crippen molar-refractivity contribution in [2.75, 3.05) is 0 Å². The van der Waals surface area contributed by atoms with Gasteiger partial charge in [0.2, 0.25) is 0 Å². The Hall–Kier alpha value is -1.20. The number of rotatable bonds is 3. The van der Waals surface area contributed by atoms with Crippen molar-refractivity contribution in [3.05, 3.63) is 36.5 Å². The Balaban J connectivity index is -0.000000125. The molecule has 0 spiro atoms. The molecular weight excluding hydrogens is 919 g/mol. The average molecular weight is 1060 g/mol. The molecule has 448 valence electrons. The molecule has 0 N–H and O–H groups in total. The summed E-state index contributed by atoms with van der Waals surface area (Å²) in [6.45, 7) is 30.6. The monoisotopic (exact) mass is 1060 g/mol. The Labute approximate surface area is 463 Å². The number of hydrogen-bond acceptors (Lipinski definition) is 0. The van der Waals surface area contributed by atoms with Crippen LogP contribution in [0.3, 0.4) is 0 Å². The second-order valence-electron chi connectivity index (χ2n) is 27.3. The Bertz CT molecular complexity index is 1130. The van der Waals surface area contributed by atoms with E-state index in [2.05, 4.69) is 90.0 Å². The van der Waals surface area contributed by atoms with Crippen molar-refractivity contribution in [3.8, 4) is 0 Å². The molecule has 8 saturated carbocycles. The standard InChI is InChI=1S/C10H12F4.C9H14F2.6C8H16.8H2/c11-9(12)5-7-1-2-8(4-3-7)6-10(13)14;1-7-2-4-8(5-3-7)6-9(10)11;6*1-7-3-5-8(2)6-4-7;;;;;;;;/h5-8H,1-4H2;6-8H,2-5H2,1H3;6*7-8H,3-6H2,1-2H3;8*1H. The third-order valence-corrected chi connectivity index (χ3v) is 18.8. The summed E-state index contributed by atoms with van der Waals surface area (Å²) in [5.41, 5.74) is 0. The van der Waals surface area contributed by atoms with E-state index >= 15 is 0 Å². The molecule has 0 aromatic rings. The summed E-state index contributed by atoms with van der Waals surface area (Å²) < 4.78 is 71.0. The van der Waals surface area contributed by atoms with Crippen LogP contribution in [0.1, 0.15) is 307 Å². The van der Waals surface area contributed by atoms with Gasteiger partial charge in [-0.15, -0.1) is 0 Å². The lowest BCUT2D eigenvalue weighted by Crippen LogP contribution is -2.11. The molecule has 0 aliphatic heterocycles. The normalized spacial score (nSPS) is 36.0. The van der Waals surface area contributed by atoms with Gasteiger partial charge in [-0.25, -0.2) is 0 Å². The first-order valence-electron chi connectivity index (χ1n) is 31.6. The molecule has 8 fully saturated rings. The molecule has 8 aliphatic carbocycles. The van der Waals surface area contributed by atoms with Gasteiger partial charge >= 0.3 is 0 Å². The second-order valence-corrected chi connectivity index (χ2v) is 27.3. The minimum Gasteiger partial charge on any atom is -0.174 e. The van der Waals surface area contributed by atoms with Crippen LogP contribution >= 0.6 is 0 Å². The summed E-state index contributed by atoms with van der Waals surface area (Å²) in [5, 5.41) is 0. The molecule has 8 rings (SSSR count). The number of allylic oxidation sites excluding steroid dienone is 3. The van der Waals surface area contributed by atoms with Crippen molar-refractivity contribution in [2.45, 2.75) is 295 Å². The van der Waals surface area contributed by atoms with Crippen LogP contribution in [0.2, 0.25) is 0 Å². The van der Waals surface area contributed by atoms with Gasteiger partial charge in [-0.3, -0.25) is 0 Å². The molecule has 8 aliphatic rings. The molecule has 0 aromatic carbocycles. The third-order valence-electron chi connectivity index (χ3n) is 18.8. The van der Waals surface area contributed by atoms with Crippen LogP contribution in [0.25, 0.3) is 0 Å². The number of halogens is 6. The lowest BCUT2D eigenvalue weighted by Gasteiger charge is -2.23. The van der Waals surface area contributed by atoms with Crippen molar-refractivity contribution >= 4 is 0 Å². The van der Waals surface area contributed by atoms with Crippen molar-refractivity contribution in [2.24, 2.45) is 94.7 Å². The van der Waals surface area contributed by atoms with Gasteiger partial charge in [-0.1, -0.05) is 257 Å². The van der Waals surface area contributed by atoms with Crippen molar-refractivity contribution in [3.63, 3.8) is 0 Å². The van der Waals surface area contributed by atoms with Crippen LogP contribution in [0.5, 0.6) is 0 Å². The van der Waals surface area contributed by atoms with Gasteiger partial charge in [0.05, 0.1) is 0 Å². The summed E-state index contributed by atoms with van der Waals surface area (Å²) in [5.74, 6) is 12.9. The van der Waals surface area contributed by atoms with Crippen molar-refractivity contribution in [1.82, 2.24) is 0 Å². The van der Waals surface area contributed by atoms with Gasteiger partial charge in [-0.2, -0.15) is 26.3 Å². The SMILES string of the molecule is CC1CCC(C)CC1.CC1CCC(C)CC1.CC1CCC(C)CC1.CC1CCC(C)CC1.CC1CCC(C)CC1.CC1CCC(C)CC1.CC1CCC(C=C(F)F)CC1.FC(F)=CC1CCC(C=C(F)F)CC1.[HH].[HH].[HH].[HH].[HH].[HH].[HH].[HH]. The van der Waals surface area contributed by atoms with Crippen LogP contribution in [-0.4, -0.2) is 0 Å². The van der Waals surface area contributed by atoms with Crippen LogP contribution in [-0.2, 0) is 0 Å². The minimum atomic E-state index is -1.67. The molecule has 0 nitrogen and oxygen atoms in total. The fourth-order valence-electron chi connectivity index (χ4n) is 12.0. The molecule has 6 heteroatoms. The van der Waals surface area contributed by atoms with E-state index in [0.717, 1.165) is 121 Å². The summed E-state index contributed by atoms with van der Waals surface area (Å²) >= 11 is 0. The Morgan fingerprint density at radius 2 is 0.274 bits per heavy atom. The minimum absolute atomic E-state index is 0. The van der Waals surface area contributed by atoms with Crippen molar-refractivity contribution in [1.29, 1.82) is 0 Å². The maximum absolute atomic E-state index is 11.9. The van der Waals surface area contributed by atoms with Crippen LogP contribution in [0, 0.1) is 94.7 Å². The van der Waals surface area contributed by atoms with E-state index in [4.69, 9.17) is 0 Å². The molecule has 0 bridgehead atoms. The Kier molecular flexibility index (Phi) is 40.0. The van der Waals surface area contributed by atoms with Crippen LogP contribution < -0.4 is 0 Å². The highest BCUT2D eigenvalue weighted by molar-refractivity contribution is 4.96. The van der Waals surface area contributed by atoms with Gasteiger partial charge in [0.15, 0.2) is 0 Å². The fraction of sp³-hybridized carbons (Fsp3) is 0.910. The molecular formula is C67H138F6. The third kappa shape index (κ3) is 40.6. The van der Waals surface area contributed by atoms with Gasteiger partial charge in [0.1, 0.15) is 0 Å². The van der Waals surface area contributed by atoms with Gasteiger partial charge in [-0.05, 0) is 151 Å². The van der Waals surface area contributed by atoms with E-state index in [-0.39, 0.29) is 29.2 Å². The molecule has 0 unspecified atom stereocenters. The average Bonchev–Trinajstić information content (AvgIpc) is 3.34. The first-order valence-corrected chi connectivity index (χ1v) is 31.6. The lowest BCUT2D eigenvalue weighted by atomic mass is 9.82. The van der Waals surface area contributed by atoms with Gasteiger partial charge in [0.25, 0.3) is 18.2 Å². The molecule has 0 radical (unpaired) electrons. The summed E-state index contributed by atoms with van der Waals surface area (Å²) in [7, 11) is 0. The zero-order valence-corrected chi connectivity index (χ0v) is 50.4. The number of hydrogen-bond donors (Lipinski definition) is 0. The molecule has 0 amide bonds. The Morgan fingerprint density at radius 3 is 0.370 bits per heavy atom. The largest absolute Gasteiger partial charge is 0.266 e. The molecule has 0 heterocycles. The first kappa shape index (κ1) is 69.8. The predicted molar refractivity (Wildman–Crippen MR) is 325 cm³/mol. The second kappa shape index (κ2) is 41.8. The van der Waals surface area contributed by atoms with Crippen LogP contribution in [0.15, 0.2) is 36.5 Å². The molecule has 0 saturated heterocycles. The summed E-state index contributed by atoms with van der Waals surface area (Å²) in [6, 6.07) is 0. The summed E-state index contributed by atoms with van der Waals surface area (Å²) in [4.78, 5) is 0. The summed E-state index contributed by atoms with van der Waals surface area (Å²) in [6.07, 6.45) is 39.9. The van der Waals surface area contributed by atoms with Gasteiger partial charge in [0, 0.05) is 11.4 Å². The molecule has 0 aromatic heterocycles. The topological polar surface area (TPSA) is 0 Å². The van der Waals surface area contributed by atoms with E-state index in [1.165, 1.54) is 154 Å². The van der Waals surface area contributed by atoms with E-state index in [9.17, 15) is 26.3 Å². The molecule has 0 atom stereocenters. The zero-order chi connectivity index (χ0) is 54.7. The molecule has 73 heavy (non-hydrogen) atoms. The van der Waals surface area contributed by atoms with Crippen molar-refractivity contribution < 1.29 is 37.8 Å². The zero-order valence-electron chi connectivity index (χ0n) is 50.4. The lowest BCUT2D eigenvalue weighted by molar-refractivity contribution is 0.308. The highest BCUT2D eigenvalue weighted by Gasteiger charge is 2.21. The van der Waals surface area contributed by atoms with E-state index in [1.54, 1.807) is 0 Å². The first-order chi connectivity index (χ1) is 34.5. The predicted octanol–water partition coefficient (Wildman–Crippen LogP) is 26.9. The fourth-order valence-corrected chi connectivity index (χ4v) is 12.0. The van der Waals surface area contributed by atoms with Gasteiger partial charge < -0.3 is 0 Å². The highest BCUT2D eigenvalue weighted by Crippen LogP contribution is 2.34. The quantitative estimate of drug-likeness (QED) is 0.247.